The molecule has 182 valence electrons. The summed E-state index contributed by atoms with van der Waals surface area (Å²) < 4.78 is 52.5. The lowest BCUT2D eigenvalue weighted by molar-refractivity contribution is 0.0726. The van der Waals surface area contributed by atoms with Gasteiger partial charge in [-0.3, -0.25) is 9.08 Å². The number of rotatable bonds is 7. The number of hydrogen-bond donors (Lipinski definition) is 0. The molecule has 8 nitrogen and oxygen atoms in total. The van der Waals surface area contributed by atoms with Crippen LogP contribution in [0.3, 0.4) is 0 Å². The fourth-order valence-electron chi connectivity index (χ4n) is 4.83. The minimum atomic E-state index is -3.48. The Morgan fingerprint density at radius 2 is 2.03 bits per heavy atom. The first kappa shape index (κ1) is 23.1. The minimum Gasteiger partial charge on any atom is -0.493 e. The van der Waals surface area contributed by atoms with E-state index in [0.29, 0.717) is 29.9 Å². The van der Waals surface area contributed by atoms with E-state index in [1.807, 2.05) is 24.3 Å². The molecule has 0 radical (unpaired) electrons. The first-order chi connectivity index (χ1) is 16.3. The van der Waals surface area contributed by atoms with Crippen LogP contribution in [0.1, 0.15) is 18.4 Å². The van der Waals surface area contributed by atoms with Crippen molar-refractivity contribution in [2.24, 2.45) is 5.92 Å². The second kappa shape index (κ2) is 9.52. The molecular formula is C24H28FN3O5S. The third-order valence-corrected chi connectivity index (χ3v) is 7.09. The molecule has 0 saturated carbocycles. The van der Waals surface area contributed by atoms with Crippen molar-refractivity contribution in [2.45, 2.75) is 25.5 Å². The first-order valence-electron chi connectivity index (χ1n) is 11.4. The highest BCUT2D eigenvalue weighted by Gasteiger charge is 2.34. The van der Waals surface area contributed by atoms with Gasteiger partial charge in [-0.1, -0.05) is 17.3 Å². The molecule has 2 unspecified atom stereocenters. The average molecular weight is 490 g/mol. The predicted molar refractivity (Wildman–Crippen MR) is 126 cm³/mol. The van der Waals surface area contributed by atoms with E-state index in [9.17, 15) is 12.8 Å². The number of aromatic nitrogens is 1. The van der Waals surface area contributed by atoms with E-state index in [1.165, 1.54) is 12.1 Å². The van der Waals surface area contributed by atoms with Gasteiger partial charge in [0.25, 0.3) is 10.1 Å². The van der Waals surface area contributed by atoms with Gasteiger partial charge >= 0.3 is 0 Å². The Morgan fingerprint density at radius 1 is 1.15 bits per heavy atom. The van der Waals surface area contributed by atoms with Crippen molar-refractivity contribution in [3.05, 3.63) is 53.8 Å². The van der Waals surface area contributed by atoms with E-state index in [4.69, 9.17) is 13.4 Å². The zero-order valence-electron chi connectivity index (χ0n) is 19.0. The van der Waals surface area contributed by atoms with Gasteiger partial charge in [0.1, 0.15) is 11.6 Å². The molecule has 34 heavy (non-hydrogen) atoms. The van der Waals surface area contributed by atoms with Gasteiger partial charge in [0.15, 0.2) is 11.4 Å². The summed E-state index contributed by atoms with van der Waals surface area (Å²) in [5.41, 5.74) is 1.36. The van der Waals surface area contributed by atoms with Gasteiger partial charge in [-0.05, 0) is 48.7 Å². The Hall–Kier alpha value is -2.69. The quantitative estimate of drug-likeness (QED) is 0.467. The zero-order chi connectivity index (χ0) is 23.7. The van der Waals surface area contributed by atoms with Gasteiger partial charge in [0, 0.05) is 38.1 Å². The molecule has 3 heterocycles. The molecule has 2 aliphatic heterocycles. The molecule has 1 aromatic heterocycles. The van der Waals surface area contributed by atoms with Crippen LogP contribution in [0.5, 0.6) is 5.75 Å². The summed E-state index contributed by atoms with van der Waals surface area (Å²) in [6.45, 7) is 4.13. The van der Waals surface area contributed by atoms with Crippen molar-refractivity contribution >= 4 is 26.9 Å². The largest absolute Gasteiger partial charge is 0.493 e. The fraction of sp³-hybridized carbons (Fsp3) is 0.458. The summed E-state index contributed by atoms with van der Waals surface area (Å²) >= 11 is 0. The number of fused-ring (bicyclic) bond motifs is 2. The molecular weight excluding hydrogens is 461 g/mol. The molecule has 10 heteroatoms. The number of nitrogens with zero attached hydrogens (tertiary/aromatic N) is 3. The summed E-state index contributed by atoms with van der Waals surface area (Å²) in [6.07, 6.45) is 3.15. The second-order valence-corrected chi connectivity index (χ2v) is 10.8. The summed E-state index contributed by atoms with van der Waals surface area (Å²) in [5, 5.41) is 4.93. The molecule has 0 N–H and O–H groups in total. The number of halogens is 1. The highest BCUT2D eigenvalue weighted by molar-refractivity contribution is 7.85. The van der Waals surface area contributed by atoms with E-state index in [-0.39, 0.29) is 12.4 Å². The maximum Gasteiger partial charge on any atom is 0.264 e. The lowest BCUT2D eigenvalue weighted by atomic mass is 9.91. The Labute approximate surface area is 198 Å². The minimum absolute atomic E-state index is 0.00112. The van der Waals surface area contributed by atoms with Crippen LogP contribution in [0, 0.1) is 11.7 Å². The number of anilines is 1. The monoisotopic (exact) mass is 489 g/mol. The normalized spacial score (nSPS) is 21.5. The van der Waals surface area contributed by atoms with Crippen molar-refractivity contribution < 1.29 is 26.3 Å². The first-order valence-corrected chi connectivity index (χ1v) is 13.3. The second-order valence-electron chi connectivity index (χ2n) is 9.11. The number of piperazine rings is 1. The smallest absolute Gasteiger partial charge is 0.264 e. The van der Waals surface area contributed by atoms with Crippen LogP contribution < -0.4 is 9.64 Å². The standard InChI is InChI=1S/C24H28FN3O5S/c1-34(29,30)32-16-17-3-2-4-21(11-17)31-15-18-5-7-20-14-28(10-9-27(20)13-18)24-22-12-19(25)6-8-23(22)33-26-24/h2-4,6,8,11-12,18,20H,5,7,9-10,13-16H2,1H3. The van der Waals surface area contributed by atoms with Gasteiger partial charge in [0.2, 0.25) is 0 Å². The van der Waals surface area contributed by atoms with Gasteiger partial charge in [-0.2, -0.15) is 8.42 Å². The van der Waals surface area contributed by atoms with Crippen LogP contribution in [-0.4, -0.2) is 63.6 Å². The van der Waals surface area contributed by atoms with Crippen molar-refractivity contribution in [1.29, 1.82) is 0 Å². The maximum absolute atomic E-state index is 13.7. The molecule has 0 amide bonds. The topological polar surface area (TPSA) is 85.1 Å². The number of benzene rings is 2. The molecule has 0 spiro atoms. The SMILES string of the molecule is CS(=O)(=O)OCc1cccc(OCC2CCC3CN(c4noc5ccc(F)cc45)CCN3C2)c1. The van der Waals surface area contributed by atoms with Gasteiger partial charge < -0.3 is 14.2 Å². The molecule has 2 aliphatic rings. The van der Waals surface area contributed by atoms with Crippen molar-refractivity contribution in [3.63, 3.8) is 0 Å². The molecule has 2 aromatic carbocycles. The van der Waals surface area contributed by atoms with Crippen molar-refractivity contribution in [3.8, 4) is 5.75 Å². The van der Waals surface area contributed by atoms with Gasteiger partial charge in [-0.15, -0.1) is 0 Å². The van der Waals surface area contributed by atoms with Crippen LogP contribution in [0.15, 0.2) is 47.0 Å². The summed E-state index contributed by atoms with van der Waals surface area (Å²) in [7, 11) is -3.48. The van der Waals surface area contributed by atoms with E-state index in [1.54, 1.807) is 6.07 Å². The van der Waals surface area contributed by atoms with E-state index >= 15 is 0 Å². The van der Waals surface area contributed by atoms with E-state index < -0.39 is 10.1 Å². The van der Waals surface area contributed by atoms with E-state index in [2.05, 4.69) is 15.0 Å². The molecule has 2 atom stereocenters. The highest BCUT2D eigenvalue weighted by atomic mass is 32.2. The molecule has 0 bridgehead atoms. The van der Waals surface area contributed by atoms with Crippen LogP contribution in [-0.2, 0) is 20.9 Å². The average Bonchev–Trinajstić information content (AvgIpc) is 3.24. The van der Waals surface area contributed by atoms with Gasteiger partial charge in [0.05, 0.1) is 24.9 Å². The summed E-state index contributed by atoms with van der Waals surface area (Å²) in [5.74, 6) is 1.57. The summed E-state index contributed by atoms with van der Waals surface area (Å²) in [4.78, 5) is 4.71. The Bertz CT molecular complexity index is 1260. The third kappa shape index (κ3) is 5.34. The van der Waals surface area contributed by atoms with E-state index in [0.717, 1.165) is 62.0 Å². The number of piperidine rings is 1. The Morgan fingerprint density at radius 3 is 2.88 bits per heavy atom. The lowest BCUT2D eigenvalue weighted by Crippen LogP contribution is -2.57. The molecule has 2 saturated heterocycles. The lowest BCUT2D eigenvalue weighted by Gasteiger charge is -2.46. The summed E-state index contributed by atoms with van der Waals surface area (Å²) in [6, 6.07) is 12.3. The van der Waals surface area contributed by atoms with Crippen LogP contribution >= 0.6 is 0 Å². The number of hydrogen-bond acceptors (Lipinski definition) is 8. The highest BCUT2D eigenvalue weighted by Crippen LogP contribution is 2.32. The van der Waals surface area contributed by atoms with Crippen LogP contribution in [0.2, 0.25) is 0 Å². The Kier molecular flexibility index (Phi) is 6.46. The predicted octanol–water partition coefficient (Wildman–Crippen LogP) is 3.42. The fourth-order valence-corrected chi connectivity index (χ4v) is 5.18. The van der Waals surface area contributed by atoms with Crippen molar-refractivity contribution in [2.75, 3.05) is 43.9 Å². The molecule has 5 rings (SSSR count). The maximum atomic E-state index is 13.7. The van der Waals surface area contributed by atoms with Crippen LogP contribution in [0.25, 0.3) is 11.0 Å². The zero-order valence-corrected chi connectivity index (χ0v) is 19.8. The molecule has 2 fully saturated rings. The Balaban J connectivity index is 1.15. The van der Waals surface area contributed by atoms with Crippen LogP contribution in [0.4, 0.5) is 10.2 Å². The molecule has 3 aromatic rings. The number of ether oxygens (including phenoxy) is 1. The third-order valence-electron chi connectivity index (χ3n) is 6.54. The molecule has 0 aliphatic carbocycles. The van der Waals surface area contributed by atoms with Crippen molar-refractivity contribution in [1.82, 2.24) is 10.1 Å². The van der Waals surface area contributed by atoms with Gasteiger partial charge in [-0.25, -0.2) is 4.39 Å².